The number of benzene rings is 5. The zero-order chi connectivity index (χ0) is 35.6. The number of aromatic nitrogens is 2. The molecule has 3 aromatic heterocycles. The number of fused-ring (bicyclic) bond motifs is 3. The standard InChI is InChI=1S/C23H14NO.C19H16N.Ir/c1-2-7-16(8-3-1)17-13-14-24-21(15-17)20-11-6-10-19-18-9-4-5-12-22(18)25-23(19)20;1-14-8-11-19(20-13-14)17-10-9-15(2)18(12-17)16-6-4-3-5-7-16;/h1-10,12-15H;3-9,11-13H,1-2H3;/q2*-1;/i;1D3,2D3;. The molecule has 3 heterocycles. The van der Waals surface area contributed by atoms with Gasteiger partial charge in [0, 0.05) is 46.1 Å². The molecule has 46 heavy (non-hydrogen) atoms. The second-order valence-electron chi connectivity index (χ2n) is 10.5. The first-order chi connectivity index (χ1) is 24.6. The fraction of sp³-hybridized carbons (Fsp3) is 0.0476. The molecule has 225 valence electrons. The topological polar surface area (TPSA) is 38.9 Å². The molecule has 1 radical (unpaired) electrons. The van der Waals surface area contributed by atoms with Crippen molar-refractivity contribution in [1.29, 1.82) is 0 Å². The Balaban J connectivity index is 0.000000175. The normalized spacial score (nSPS) is 13.1. The molecule has 0 saturated heterocycles. The van der Waals surface area contributed by atoms with E-state index in [0.29, 0.717) is 16.8 Å². The Labute approximate surface area is 291 Å². The maximum atomic E-state index is 7.77. The minimum atomic E-state index is -2.27. The van der Waals surface area contributed by atoms with Gasteiger partial charge in [-0.05, 0) is 52.6 Å². The van der Waals surface area contributed by atoms with Gasteiger partial charge in [0.1, 0.15) is 5.58 Å². The van der Waals surface area contributed by atoms with Gasteiger partial charge in [-0.2, -0.15) is 0 Å². The van der Waals surface area contributed by atoms with Crippen molar-refractivity contribution in [3.63, 3.8) is 0 Å². The zero-order valence-electron chi connectivity index (χ0n) is 30.5. The molecule has 0 aliphatic rings. The van der Waals surface area contributed by atoms with Gasteiger partial charge >= 0.3 is 0 Å². The van der Waals surface area contributed by atoms with Gasteiger partial charge in [-0.15, -0.1) is 47.5 Å². The van der Waals surface area contributed by atoms with Crippen molar-refractivity contribution in [2.75, 3.05) is 0 Å². The van der Waals surface area contributed by atoms with Gasteiger partial charge in [0.2, 0.25) is 0 Å². The fourth-order valence-electron chi connectivity index (χ4n) is 5.31. The van der Waals surface area contributed by atoms with Crippen LogP contribution in [0.2, 0.25) is 0 Å². The molecule has 0 N–H and O–H groups in total. The quantitative estimate of drug-likeness (QED) is 0.167. The first kappa shape index (κ1) is 24.1. The van der Waals surface area contributed by atoms with Gasteiger partial charge < -0.3 is 14.4 Å². The van der Waals surface area contributed by atoms with Crippen LogP contribution in [0, 0.1) is 25.8 Å². The maximum Gasteiger partial charge on any atom is 0.120 e. The number of pyridine rings is 2. The third-order valence-electron chi connectivity index (χ3n) is 7.54. The van der Waals surface area contributed by atoms with Gasteiger partial charge in [-0.1, -0.05) is 120 Å². The summed E-state index contributed by atoms with van der Waals surface area (Å²) in [6.07, 6.45) is 3.16. The minimum absolute atomic E-state index is 0. The Hall–Kier alpha value is -5.15. The number of rotatable bonds is 4. The van der Waals surface area contributed by atoms with Crippen LogP contribution >= 0.6 is 0 Å². The second-order valence-corrected chi connectivity index (χ2v) is 10.5. The monoisotopic (exact) mass is 777 g/mol. The average Bonchev–Trinajstić information content (AvgIpc) is 3.54. The SMILES string of the molecule is [2H]C([2H])([2H])c1ccc(-c2[c-]cc(C([2H])([2H])[2H])c(-c3ccccc3)c2)nc1.[Ir].[c-]1ccc2c(oc3ccccc32)c1-c1cc(-c2ccccc2)ccn1. The summed E-state index contributed by atoms with van der Waals surface area (Å²) >= 11 is 0. The number of hydrogen-bond acceptors (Lipinski definition) is 3. The molecule has 0 bridgehead atoms. The largest absolute Gasteiger partial charge is 0.501 e. The third kappa shape index (κ3) is 6.46. The number of aryl methyl sites for hydroxylation is 2. The predicted octanol–water partition coefficient (Wildman–Crippen LogP) is 10.9. The first-order valence-corrected chi connectivity index (χ1v) is 14.5. The zero-order valence-corrected chi connectivity index (χ0v) is 26.9. The van der Waals surface area contributed by atoms with E-state index < -0.39 is 13.7 Å². The molecular weight excluding hydrogens is 741 g/mol. The number of hydrogen-bond donors (Lipinski definition) is 0. The second kappa shape index (κ2) is 13.9. The summed E-state index contributed by atoms with van der Waals surface area (Å²) < 4.78 is 51.7. The summed E-state index contributed by atoms with van der Waals surface area (Å²) in [6.45, 7) is -4.48. The van der Waals surface area contributed by atoms with Crippen LogP contribution < -0.4 is 0 Å². The van der Waals surface area contributed by atoms with E-state index >= 15 is 0 Å². The molecule has 0 aliphatic carbocycles. The molecule has 3 nitrogen and oxygen atoms in total. The molecule has 0 spiro atoms. The summed E-state index contributed by atoms with van der Waals surface area (Å²) in [5, 5.41) is 2.21. The number of para-hydroxylation sites is 1. The van der Waals surface area contributed by atoms with Crippen molar-refractivity contribution >= 4 is 21.9 Å². The van der Waals surface area contributed by atoms with Crippen LogP contribution in [0.5, 0.6) is 0 Å². The molecule has 5 aromatic carbocycles. The molecule has 0 unspecified atom stereocenters. The van der Waals surface area contributed by atoms with Gasteiger partial charge in [0.05, 0.1) is 5.58 Å². The van der Waals surface area contributed by atoms with Crippen LogP contribution in [0.3, 0.4) is 0 Å². The first-order valence-electron chi connectivity index (χ1n) is 17.5. The molecular formula is C42H30IrN2O-2. The Morgan fingerprint density at radius 2 is 1.43 bits per heavy atom. The van der Waals surface area contributed by atoms with E-state index in [0.717, 1.165) is 44.3 Å². The van der Waals surface area contributed by atoms with Crippen LogP contribution in [-0.2, 0) is 20.1 Å². The minimum Gasteiger partial charge on any atom is -0.501 e. The summed E-state index contributed by atoms with van der Waals surface area (Å²) in [4.78, 5) is 8.77. The summed E-state index contributed by atoms with van der Waals surface area (Å²) in [5.74, 6) is 0. The molecule has 0 aliphatic heterocycles. The molecule has 0 amide bonds. The molecule has 8 aromatic rings. The van der Waals surface area contributed by atoms with Crippen LogP contribution in [-0.4, -0.2) is 9.97 Å². The van der Waals surface area contributed by atoms with Crippen LogP contribution in [0.4, 0.5) is 0 Å². The third-order valence-corrected chi connectivity index (χ3v) is 7.54. The van der Waals surface area contributed by atoms with Crippen molar-refractivity contribution in [2.45, 2.75) is 13.7 Å². The van der Waals surface area contributed by atoms with E-state index in [1.807, 2.05) is 91.1 Å². The molecule has 4 heteroatoms. The van der Waals surface area contributed by atoms with Crippen LogP contribution in [0.15, 0.2) is 150 Å². The van der Waals surface area contributed by atoms with E-state index in [1.54, 1.807) is 12.1 Å². The van der Waals surface area contributed by atoms with E-state index in [9.17, 15) is 0 Å². The average molecular weight is 777 g/mol. The Bertz CT molecular complexity index is 2440. The number of nitrogens with zero attached hydrogens (tertiary/aromatic N) is 2. The van der Waals surface area contributed by atoms with Crippen molar-refractivity contribution in [3.05, 3.63) is 169 Å². The van der Waals surface area contributed by atoms with Crippen molar-refractivity contribution in [3.8, 4) is 44.8 Å². The Morgan fingerprint density at radius 3 is 2.20 bits per heavy atom. The number of furan rings is 1. The van der Waals surface area contributed by atoms with Gasteiger partial charge in [0.15, 0.2) is 0 Å². The molecule has 0 atom stereocenters. The van der Waals surface area contributed by atoms with E-state index in [1.165, 1.54) is 23.9 Å². The van der Waals surface area contributed by atoms with Crippen molar-refractivity contribution < 1.29 is 32.7 Å². The van der Waals surface area contributed by atoms with E-state index in [-0.39, 0.29) is 31.2 Å². The summed E-state index contributed by atoms with van der Waals surface area (Å²) in [5.41, 5.74) is 8.66. The van der Waals surface area contributed by atoms with Gasteiger partial charge in [-0.3, -0.25) is 0 Å². The van der Waals surface area contributed by atoms with E-state index in [4.69, 9.17) is 12.6 Å². The van der Waals surface area contributed by atoms with E-state index in [2.05, 4.69) is 46.4 Å². The van der Waals surface area contributed by atoms with Crippen molar-refractivity contribution in [1.82, 2.24) is 9.97 Å². The fourth-order valence-corrected chi connectivity index (χ4v) is 5.31. The molecule has 8 rings (SSSR count). The Kier molecular flexibility index (Phi) is 7.28. The van der Waals surface area contributed by atoms with Crippen molar-refractivity contribution in [2.24, 2.45) is 0 Å². The molecule has 0 fully saturated rings. The van der Waals surface area contributed by atoms with Gasteiger partial charge in [0.25, 0.3) is 0 Å². The maximum absolute atomic E-state index is 7.77. The Morgan fingerprint density at radius 1 is 0.652 bits per heavy atom. The summed E-state index contributed by atoms with van der Waals surface area (Å²) in [6, 6.07) is 48.3. The van der Waals surface area contributed by atoms with Crippen LogP contribution in [0.1, 0.15) is 19.4 Å². The smallest absolute Gasteiger partial charge is 0.120 e. The summed E-state index contributed by atoms with van der Waals surface area (Å²) in [7, 11) is 0. The molecule has 0 saturated carbocycles. The van der Waals surface area contributed by atoms with Crippen LogP contribution in [0.25, 0.3) is 66.7 Å². The van der Waals surface area contributed by atoms with Gasteiger partial charge in [-0.25, -0.2) is 0 Å². The predicted molar refractivity (Wildman–Crippen MR) is 185 cm³/mol.